The van der Waals surface area contributed by atoms with Gasteiger partial charge in [-0.2, -0.15) is 0 Å². The second-order valence-electron chi connectivity index (χ2n) is 7.55. The number of fused-ring (bicyclic) bond motifs is 1. The Morgan fingerprint density at radius 1 is 1.11 bits per heavy atom. The number of hydrogen-bond acceptors (Lipinski definition) is 5. The van der Waals surface area contributed by atoms with Crippen molar-refractivity contribution in [3.05, 3.63) is 53.9 Å². The minimum absolute atomic E-state index is 0.121. The fourth-order valence-corrected chi connectivity index (χ4v) is 3.47. The third-order valence-corrected chi connectivity index (χ3v) is 4.81. The van der Waals surface area contributed by atoms with Crippen LogP contribution < -0.4 is 5.32 Å². The summed E-state index contributed by atoms with van der Waals surface area (Å²) in [5.74, 6) is 0.315. The Bertz CT molecular complexity index is 1080. The van der Waals surface area contributed by atoms with Crippen molar-refractivity contribution in [2.24, 2.45) is 5.41 Å². The molecule has 5 nitrogen and oxygen atoms in total. The number of aromatic nitrogens is 4. The number of halogens is 1. The molecule has 4 aromatic rings. The average Bonchev–Trinajstić information content (AvgIpc) is 3.21. The lowest BCUT2D eigenvalue weighted by molar-refractivity contribution is 0.442. The summed E-state index contributed by atoms with van der Waals surface area (Å²) in [5.41, 5.74) is 3.40. The number of anilines is 1. The van der Waals surface area contributed by atoms with Crippen LogP contribution in [0.3, 0.4) is 0 Å². The van der Waals surface area contributed by atoms with Crippen molar-refractivity contribution in [1.29, 1.82) is 0 Å². The fourth-order valence-electron chi connectivity index (χ4n) is 2.76. The van der Waals surface area contributed by atoms with Gasteiger partial charge in [0.15, 0.2) is 4.96 Å². The summed E-state index contributed by atoms with van der Waals surface area (Å²) in [4.78, 5) is 14.6. The maximum atomic E-state index is 13.4. The molecule has 0 atom stereocenters. The molecule has 0 aliphatic heterocycles. The predicted molar refractivity (Wildman–Crippen MR) is 107 cm³/mol. The maximum absolute atomic E-state index is 13.4. The van der Waals surface area contributed by atoms with Crippen molar-refractivity contribution < 1.29 is 4.39 Å². The van der Waals surface area contributed by atoms with Crippen LogP contribution in [-0.2, 0) is 0 Å². The van der Waals surface area contributed by atoms with Crippen molar-refractivity contribution in [1.82, 2.24) is 19.4 Å². The molecule has 138 valence electrons. The molecule has 4 rings (SSSR count). The van der Waals surface area contributed by atoms with Crippen molar-refractivity contribution >= 4 is 22.2 Å². The van der Waals surface area contributed by atoms with E-state index in [0.717, 1.165) is 34.2 Å². The largest absolute Gasteiger partial charge is 0.354 e. The molecule has 0 saturated heterocycles. The average molecular weight is 381 g/mol. The van der Waals surface area contributed by atoms with E-state index in [2.05, 4.69) is 31.1 Å². The summed E-state index contributed by atoms with van der Waals surface area (Å²) in [6, 6.07) is 8.25. The molecule has 0 saturated carbocycles. The molecule has 0 bridgehead atoms. The Morgan fingerprint density at radius 2 is 1.89 bits per heavy atom. The monoisotopic (exact) mass is 381 g/mol. The zero-order chi connectivity index (χ0) is 19.0. The van der Waals surface area contributed by atoms with Crippen LogP contribution in [0, 0.1) is 11.2 Å². The van der Waals surface area contributed by atoms with Gasteiger partial charge in [0.05, 0.1) is 11.4 Å². The molecule has 7 heteroatoms. The topological polar surface area (TPSA) is 55.1 Å². The molecule has 1 N–H and O–H groups in total. The summed E-state index contributed by atoms with van der Waals surface area (Å²) in [6.45, 7) is 7.23. The number of nitrogens with zero attached hydrogens (tertiary/aromatic N) is 4. The van der Waals surface area contributed by atoms with Crippen molar-refractivity contribution in [3.8, 4) is 22.6 Å². The van der Waals surface area contributed by atoms with E-state index in [0.29, 0.717) is 5.95 Å². The van der Waals surface area contributed by atoms with Crippen LogP contribution in [0.1, 0.15) is 20.8 Å². The maximum Gasteiger partial charge on any atom is 0.223 e. The molecule has 0 aliphatic rings. The first kappa shape index (κ1) is 17.6. The van der Waals surface area contributed by atoms with Crippen LogP contribution >= 0.6 is 11.3 Å². The van der Waals surface area contributed by atoms with Gasteiger partial charge in [0.2, 0.25) is 5.95 Å². The summed E-state index contributed by atoms with van der Waals surface area (Å²) in [5, 5.41) is 5.28. The van der Waals surface area contributed by atoms with Gasteiger partial charge >= 0.3 is 0 Å². The van der Waals surface area contributed by atoms with Gasteiger partial charge in [-0.25, -0.2) is 19.3 Å². The molecular formula is C20H20FN5S. The Morgan fingerprint density at radius 3 is 2.63 bits per heavy atom. The lowest BCUT2D eigenvalue weighted by atomic mass is 9.97. The molecule has 0 aliphatic carbocycles. The highest BCUT2D eigenvalue weighted by Gasteiger charge is 2.19. The smallest absolute Gasteiger partial charge is 0.223 e. The van der Waals surface area contributed by atoms with Crippen LogP contribution in [0.5, 0.6) is 0 Å². The van der Waals surface area contributed by atoms with E-state index in [1.165, 1.54) is 12.1 Å². The lowest BCUT2D eigenvalue weighted by Crippen LogP contribution is -2.20. The Hall–Kier alpha value is -2.80. The molecule has 3 aromatic heterocycles. The highest BCUT2D eigenvalue weighted by Crippen LogP contribution is 2.33. The minimum atomic E-state index is -0.267. The van der Waals surface area contributed by atoms with Crippen molar-refractivity contribution in [3.63, 3.8) is 0 Å². The van der Waals surface area contributed by atoms with E-state index in [1.807, 2.05) is 22.0 Å². The fraction of sp³-hybridized carbons (Fsp3) is 0.250. The molecule has 0 unspecified atom stereocenters. The first-order valence-corrected chi connectivity index (χ1v) is 9.57. The normalized spacial score (nSPS) is 11.9. The van der Waals surface area contributed by atoms with E-state index >= 15 is 0 Å². The van der Waals surface area contributed by atoms with Crippen molar-refractivity contribution in [2.75, 3.05) is 11.9 Å². The molecular weight excluding hydrogens is 361 g/mol. The van der Waals surface area contributed by atoms with E-state index in [9.17, 15) is 4.39 Å². The van der Waals surface area contributed by atoms with Crippen LogP contribution in [0.2, 0.25) is 0 Å². The number of imidazole rings is 1. The molecule has 0 spiro atoms. The van der Waals surface area contributed by atoms with E-state index in [-0.39, 0.29) is 11.2 Å². The van der Waals surface area contributed by atoms with Crippen LogP contribution in [0.4, 0.5) is 10.3 Å². The van der Waals surface area contributed by atoms with Gasteiger partial charge in [-0.05, 0) is 35.7 Å². The lowest BCUT2D eigenvalue weighted by Gasteiger charge is -2.18. The van der Waals surface area contributed by atoms with E-state index in [1.54, 1.807) is 29.7 Å². The Labute approximate surface area is 161 Å². The molecule has 0 amide bonds. The van der Waals surface area contributed by atoms with Crippen LogP contribution in [-0.4, -0.2) is 25.9 Å². The zero-order valence-electron chi connectivity index (χ0n) is 15.4. The first-order chi connectivity index (χ1) is 12.9. The number of hydrogen-bond donors (Lipinski definition) is 1. The molecule has 0 radical (unpaired) electrons. The molecule has 27 heavy (non-hydrogen) atoms. The van der Waals surface area contributed by atoms with Gasteiger partial charge in [-0.1, -0.05) is 20.8 Å². The van der Waals surface area contributed by atoms with Gasteiger partial charge in [-0.15, -0.1) is 11.3 Å². The van der Waals surface area contributed by atoms with Crippen molar-refractivity contribution in [2.45, 2.75) is 20.8 Å². The number of thiazole rings is 1. The second kappa shape index (κ2) is 6.74. The molecule has 0 fully saturated rings. The van der Waals surface area contributed by atoms with Gasteiger partial charge in [0, 0.05) is 29.9 Å². The third kappa shape index (κ3) is 3.68. The molecule has 1 aromatic carbocycles. The van der Waals surface area contributed by atoms with Gasteiger partial charge in [0.25, 0.3) is 0 Å². The van der Waals surface area contributed by atoms with Crippen LogP contribution in [0.15, 0.2) is 48.1 Å². The number of rotatable bonds is 4. The standard InChI is InChI=1S/C20H20FN5S/c1-20(2,3)12-23-18-22-9-8-15(24-18)17-16(13-4-6-14(21)7-5-13)25-19-26(17)10-11-27-19/h4-11H,12H2,1-3H3,(H,22,23,24). The highest BCUT2D eigenvalue weighted by molar-refractivity contribution is 7.15. The summed E-state index contributed by atoms with van der Waals surface area (Å²) in [7, 11) is 0. The quantitative estimate of drug-likeness (QED) is 0.533. The van der Waals surface area contributed by atoms with E-state index in [4.69, 9.17) is 9.97 Å². The molecule has 3 heterocycles. The highest BCUT2D eigenvalue weighted by atomic mass is 32.1. The van der Waals surface area contributed by atoms with Crippen LogP contribution in [0.25, 0.3) is 27.6 Å². The second-order valence-corrected chi connectivity index (χ2v) is 8.42. The third-order valence-electron chi connectivity index (χ3n) is 4.05. The SMILES string of the molecule is CC(C)(C)CNc1nccc(-c2c(-c3ccc(F)cc3)nc3sccn23)n1. The number of benzene rings is 1. The number of nitrogens with one attached hydrogen (secondary N) is 1. The van der Waals surface area contributed by atoms with E-state index < -0.39 is 0 Å². The summed E-state index contributed by atoms with van der Waals surface area (Å²) < 4.78 is 15.4. The van der Waals surface area contributed by atoms with Gasteiger partial charge in [-0.3, -0.25) is 4.40 Å². The summed E-state index contributed by atoms with van der Waals surface area (Å²) in [6.07, 6.45) is 3.72. The summed E-state index contributed by atoms with van der Waals surface area (Å²) >= 11 is 1.55. The first-order valence-electron chi connectivity index (χ1n) is 8.69. The Balaban J connectivity index is 1.80. The van der Waals surface area contributed by atoms with Gasteiger partial charge in [0.1, 0.15) is 11.5 Å². The minimum Gasteiger partial charge on any atom is -0.354 e. The Kier molecular flexibility index (Phi) is 4.39. The predicted octanol–water partition coefficient (Wildman–Crippen LogP) is 5.12. The zero-order valence-corrected chi connectivity index (χ0v) is 16.2. The van der Waals surface area contributed by atoms with Gasteiger partial charge < -0.3 is 5.32 Å².